The van der Waals surface area contributed by atoms with Crippen LogP contribution in [-0.4, -0.2) is 21.7 Å². The molecule has 0 unspecified atom stereocenters. The first-order chi connectivity index (χ1) is 8.74. The molecule has 0 atom stereocenters. The number of aromatic nitrogens is 3. The van der Waals surface area contributed by atoms with Gasteiger partial charge in [0.05, 0.1) is 12.6 Å². The lowest BCUT2D eigenvalue weighted by Crippen LogP contribution is -1.96. The summed E-state index contributed by atoms with van der Waals surface area (Å²) in [5, 5.41) is 9.67. The van der Waals surface area contributed by atoms with Gasteiger partial charge >= 0.3 is 0 Å². The maximum Gasteiger partial charge on any atom is 0.161 e. The Bertz CT molecular complexity index is 731. The van der Waals surface area contributed by atoms with E-state index in [1.54, 1.807) is 7.11 Å². The Morgan fingerprint density at radius 2 is 2.06 bits per heavy atom. The van der Waals surface area contributed by atoms with Crippen molar-refractivity contribution >= 4 is 16.6 Å². The van der Waals surface area contributed by atoms with Crippen LogP contribution in [0.5, 0.6) is 5.75 Å². The second kappa shape index (κ2) is 3.98. The molecule has 0 aliphatic rings. The molecule has 0 radical (unpaired) electrons. The molecule has 3 rings (SSSR count). The molecule has 2 heterocycles. The average molecular weight is 241 g/mol. The molecule has 18 heavy (non-hydrogen) atoms. The summed E-state index contributed by atoms with van der Waals surface area (Å²) < 4.78 is 7.41. The summed E-state index contributed by atoms with van der Waals surface area (Å²) in [5.41, 5.74) is 3.20. The van der Waals surface area contributed by atoms with Crippen LogP contribution < -0.4 is 4.74 Å². The van der Waals surface area contributed by atoms with Crippen molar-refractivity contribution in [2.45, 2.75) is 20.3 Å². The predicted octanol–water partition coefficient (Wildman–Crippen LogP) is 2.76. The molecule has 0 amide bonds. The van der Waals surface area contributed by atoms with E-state index in [2.05, 4.69) is 40.6 Å². The van der Waals surface area contributed by atoms with Gasteiger partial charge in [0.25, 0.3) is 0 Å². The minimum atomic E-state index is 0.852. The number of hydrogen-bond donors (Lipinski definition) is 0. The molecule has 0 saturated heterocycles. The fraction of sp³-hybridized carbons (Fsp3) is 0.286. The first kappa shape index (κ1) is 11.0. The number of methoxy groups -OCH3 is 1. The highest BCUT2D eigenvalue weighted by Gasteiger charge is 2.10. The number of fused-ring (bicyclic) bond motifs is 3. The third-order valence-electron chi connectivity index (χ3n) is 3.29. The van der Waals surface area contributed by atoms with Crippen molar-refractivity contribution in [2.75, 3.05) is 7.11 Å². The maximum atomic E-state index is 5.31. The van der Waals surface area contributed by atoms with Crippen molar-refractivity contribution in [3.05, 3.63) is 35.7 Å². The Hall–Kier alpha value is -2.10. The van der Waals surface area contributed by atoms with E-state index in [0.717, 1.165) is 29.2 Å². The van der Waals surface area contributed by atoms with Crippen LogP contribution in [-0.2, 0) is 6.42 Å². The first-order valence-corrected chi connectivity index (χ1v) is 6.06. The van der Waals surface area contributed by atoms with Gasteiger partial charge in [-0.15, -0.1) is 10.2 Å². The summed E-state index contributed by atoms with van der Waals surface area (Å²) in [7, 11) is 1.68. The largest absolute Gasteiger partial charge is 0.497 e. The molecule has 4 heteroatoms. The van der Waals surface area contributed by atoms with E-state index < -0.39 is 0 Å². The molecule has 0 bridgehead atoms. The lowest BCUT2D eigenvalue weighted by atomic mass is 10.1. The standard InChI is InChI=1S/C14H15N3O/c1-4-13-15-16-14-7-9(2)11-6-5-10(18-3)8-12(11)17(13)14/h5-8H,4H2,1-3H3. The second-order valence-electron chi connectivity index (χ2n) is 4.37. The SMILES string of the molecule is CCc1nnc2cc(C)c3ccc(OC)cc3n12. The Kier molecular flexibility index (Phi) is 2.44. The highest BCUT2D eigenvalue weighted by molar-refractivity contribution is 5.86. The monoisotopic (exact) mass is 241 g/mol. The van der Waals surface area contributed by atoms with Crippen molar-refractivity contribution < 1.29 is 4.74 Å². The van der Waals surface area contributed by atoms with E-state index in [4.69, 9.17) is 4.74 Å². The van der Waals surface area contributed by atoms with Crippen molar-refractivity contribution in [1.29, 1.82) is 0 Å². The van der Waals surface area contributed by atoms with E-state index in [1.165, 1.54) is 10.9 Å². The van der Waals surface area contributed by atoms with E-state index in [0.29, 0.717) is 0 Å². The molecular weight excluding hydrogens is 226 g/mol. The zero-order valence-corrected chi connectivity index (χ0v) is 10.8. The average Bonchev–Trinajstić information content (AvgIpc) is 2.81. The summed E-state index contributed by atoms with van der Waals surface area (Å²) >= 11 is 0. The van der Waals surface area contributed by atoms with Gasteiger partial charge in [-0.25, -0.2) is 0 Å². The van der Waals surface area contributed by atoms with E-state index in [-0.39, 0.29) is 0 Å². The lowest BCUT2D eigenvalue weighted by molar-refractivity contribution is 0.415. The number of hydrogen-bond acceptors (Lipinski definition) is 3. The van der Waals surface area contributed by atoms with Crippen molar-refractivity contribution in [1.82, 2.24) is 14.6 Å². The van der Waals surface area contributed by atoms with Crippen LogP contribution in [0.4, 0.5) is 0 Å². The summed E-state index contributed by atoms with van der Waals surface area (Å²) in [6.45, 7) is 4.18. The van der Waals surface area contributed by atoms with Crippen LogP contribution in [0.15, 0.2) is 24.3 Å². The summed E-state index contributed by atoms with van der Waals surface area (Å²) in [6.07, 6.45) is 0.858. The zero-order chi connectivity index (χ0) is 12.7. The molecule has 3 aromatic rings. The Balaban J connectivity index is 2.51. The van der Waals surface area contributed by atoms with Crippen molar-refractivity contribution in [3.63, 3.8) is 0 Å². The molecule has 0 aliphatic heterocycles. The Morgan fingerprint density at radius 3 is 2.78 bits per heavy atom. The first-order valence-electron chi connectivity index (χ1n) is 6.06. The van der Waals surface area contributed by atoms with E-state index in [9.17, 15) is 0 Å². The number of benzene rings is 1. The van der Waals surface area contributed by atoms with Gasteiger partial charge in [0.1, 0.15) is 11.6 Å². The number of nitrogens with zero attached hydrogens (tertiary/aromatic N) is 3. The Morgan fingerprint density at radius 1 is 1.22 bits per heavy atom. The van der Waals surface area contributed by atoms with Crippen LogP contribution in [0.3, 0.4) is 0 Å². The van der Waals surface area contributed by atoms with Gasteiger partial charge in [-0.3, -0.25) is 4.40 Å². The van der Waals surface area contributed by atoms with Gasteiger partial charge in [0, 0.05) is 17.9 Å². The minimum Gasteiger partial charge on any atom is -0.497 e. The van der Waals surface area contributed by atoms with Crippen LogP contribution in [0, 0.1) is 6.92 Å². The number of pyridine rings is 1. The topological polar surface area (TPSA) is 39.4 Å². The van der Waals surface area contributed by atoms with Crippen LogP contribution >= 0.6 is 0 Å². The highest BCUT2D eigenvalue weighted by Crippen LogP contribution is 2.25. The number of ether oxygens (including phenoxy) is 1. The van der Waals surface area contributed by atoms with E-state index >= 15 is 0 Å². The lowest BCUT2D eigenvalue weighted by Gasteiger charge is -2.08. The molecular formula is C14H15N3O. The third kappa shape index (κ3) is 1.45. The third-order valence-corrected chi connectivity index (χ3v) is 3.29. The normalized spacial score (nSPS) is 11.3. The second-order valence-corrected chi connectivity index (χ2v) is 4.37. The molecule has 0 spiro atoms. The van der Waals surface area contributed by atoms with Gasteiger partial charge in [0.2, 0.25) is 0 Å². The number of aryl methyl sites for hydroxylation is 2. The highest BCUT2D eigenvalue weighted by atomic mass is 16.5. The quantitative estimate of drug-likeness (QED) is 0.692. The fourth-order valence-corrected chi connectivity index (χ4v) is 2.34. The molecule has 92 valence electrons. The number of rotatable bonds is 2. The van der Waals surface area contributed by atoms with Gasteiger partial charge in [0.15, 0.2) is 5.65 Å². The minimum absolute atomic E-state index is 0.852. The zero-order valence-electron chi connectivity index (χ0n) is 10.8. The van der Waals surface area contributed by atoms with Crippen molar-refractivity contribution in [3.8, 4) is 5.75 Å². The molecule has 4 nitrogen and oxygen atoms in total. The van der Waals surface area contributed by atoms with Crippen molar-refractivity contribution in [2.24, 2.45) is 0 Å². The molecule has 2 aromatic heterocycles. The Labute approximate surface area is 105 Å². The molecule has 0 N–H and O–H groups in total. The van der Waals surface area contributed by atoms with Gasteiger partial charge in [-0.1, -0.05) is 6.92 Å². The van der Waals surface area contributed by atoms with Gasteiger partial charge in [-0.05, 0) is 30.7 Å². The van der Waals surface area contributed by atoms with Crippen LogP contribution in [0.2, 0.25) is 0 Å². The molecule has 0 fully saturated rings. The smallest absolute Gasteiger partial charge is 0.161 e. The van der Waals surface area contributed by atoms with Crippen LogP contribution in [0.1, 0.15) is 18.3 Å². The molecule has 1 aromatic carbocycles. The van der Waals surface area contributed by atoms with Gasteiger partial charge in [-0.2, -0.15) is 0 Å². The molecule has 0 aliphatic carbocycles. The summed E-state index contributed by atoms with van der Waals surface area (Å²) in [6, 6.07) is 8.18. The summed E-state index contributed by atoms with van der Waals surface area (Å²) in [5.74, 6) is 1.83. The van der Waals surface area contributed by atoms with Crippen LogP contribution in [0.25, 0.3) is 16.6 Å². The summed E-state index contributed by atoms with van der Waals surface area (Å²) in [4.78, 5) is 0. The van der Waals surface area contributed by atoms with Gasteiger partial charge < -0.3 is 4.74 Å². The maximum absolute atomic E-state index is 5.31. The van der Waals surface area contributed by atoms with E-state index in [1.807, 2.05) is 12.1 Å². The molecule has 0 saturated carbocycles. The fourth-order valence-electron chi connectivity index (χ4n) is 2.34. The predicted molar refractivity (Wildman–Crippen MR) is 71.2 cm³/mol.